The molecular formula is C8H19N3. The summed E-state index contributed by atoms with van der Waals surface area (Å²) >= 11 is 0. The maximum absolute atomic E-state index is 3.34. The fourth-order valence-electron chi connectivity index (χ4n) is 1.53. The lowest BCUT2D eigenvalue weighted by Gasteiger charge is -2.20. The average molecular weight is 157 g/mol. The third kappa shape index (κ3) is 2.43. The first-order chi connectivity index (χ1) is 5.24. The first kappa shape index (κ1) is 8.97. The Labute approximate surface area is 69.3 Å². The highest BCUT2D eigenvalue weighted by molar-refractivity contribution is 4.78. The van der Waals surface area contributed by atoms with Crippen molar-refractivity contribution < 1.29 is 0 Å². The van der Waals surface area contributed by atoms with Gasteiger partial charge in [-0.3, -0.25) is 5.43 Å². The van der Waals surface area contributed by atoms with Crippen LogP contribution in [0.4, 0.5) is 0 Å². The lowest BCUT2D eigenvalue weighted by Crippen LogP contribution is -2.38. The van der Waals surface area contributed by atoms with Crippen molar-refractivity contribution >= 4 is 0 Å². The third-order valence-corrected chi connectivity index (χ3v) is 2.28. The van der Waals surface area contributed by atoms with Gasteiger partial charge in [-0.15, -0.1) is 0 Å². The molecule has 0 aromatic carbocycles. The molecule has 3 nitrogen and oxygen atoms in total. The molecule has 11 heavy (non-hydrogen) atoms. The van der Waals surface area contributed by atoms with Gasteiger partial charge in [-0.2, -0.15) is 0 Å². The Morgan fingerprint density at radius 3 is 2.73 bits per heavy atom. The Balaban J connectivity index is 2.23. The average Bonchev–Trinajstić information content (AvgIpc) is 2.37. The first-order valence-electron chi connectivity index (χ1n) is 4.39. The van der Waals surface area contributed by atoms with Crippen molar-refractivity contribution in [3.63, 3.8) is 0 Å². The molecule has 0 aromatic heterocycles. The summed E-state index contributed by atoms with van der Waals surface area (Å²) in [6.07, 6.45) is 1.29. The summed E-state index contributed by atoms with van der Waals surface area (Å²) in [5, 5.41) is 2.31. The van der Waals surface area contributed by atoms with Crippen LogP contribution >= 0.6 is 0 Å². The van der Waals surface area contributed by atoms with Gasteiger partial charge in [0.05, 0.1) is 0 Å². The van der Waals surface area contributed by atoms with Crippen LogP contribution < -0.4 is 5.43 Å². The minimum Gasteiger partial charge on any atom is -0.305 e. The minimum absolute atomic E-state index is 0.744. The van der Waals surface area contributed by atoms with Gasteiger partial charge in [-0.05, 0) is 20.5 Å². The molecule has 1 atom stereocenters. The topological polar surface area (TPSA) is 18.5 Å². The molecule has 0 radical (unpaired) electrons. The van der Waals surface area contributed by atoms with Gasteiger partial charge in [0.1, 0.15) is 0 Å². The second-order valence-corrected chi connectivity index (χ2v) is 3.36. The molecule has 3 heteroatoms. The zero-order chi connectivity index (χ0) is 8.27. The summed E-state index contributed by atoms with van der Waals surface area (Å²) in [5.41, 5.74) is 3.34. The van der Waals surface area contributed by atoms with E-state index in [2.05, 4.69) is 36.4 Å². The number of likely N-dealkylation sites (N-methyl/N-ethyl adjacent to an activating group) is 1. The fourth-order valence-corrected chi connectivity index (χ4v) is 1.53. The number of nitrogens with one attached hydrogen (secondary N) is 1. The number of hydrazine groups is 1. The van der Waals surface area contributed by atoms with Crippen LogP contribution in [0, 0.1) is 0 Å². The molecule has 1 N–H and O–H groups in total. The molecule has 0 spiro atoms. The summed E-state index contributed by atoms with van der Waals surface area (Å²) in [6, 6.07) is 0.744. The Morgan fingerprint density at radius 1 is 1.55 bits per heavy atom. The molecule has 1 fully saturated rings. The molecule has 1 aliphatic rings. The lowest BCUT2D eigenvalue weighted by molar-refractivity contribution is 0.213. The van der Waals surface area contributed by atoms with E-state index >= 15 is 0 Å². The van der Waals surface area contributed by atoms with Crippen molar-refractivity contribution in [1.29, 1.82) is 0 Å². The molecule has 1 unspecified atom stereocenters. The van der Waals surface area contributed by atoms with Gasteiger partial charge < -0.3 is 4.90 Å². The Kier molecular flexibility index (Phi) is 3.30. The highest BCUT2D eigenvalue weighted by Crippen LogP contribution is 2.09. The van der Waals surface area contributed by atoms with Crippen LogP contribution in [0.3, 0.4) is 0 Å². The van der Waals surface area contributed by atoms with E-state index in [9.17, 15) is 0 Å². The van der Waals surface area contributed by atoms with Gasteiger partial charge in [0.25, 0.3) is 0 Å². The second-order valence-electron chi connectivity index (χ2n) is 3.36. The smallest absolute Gasteiger partial charge is 0.0287 e. The zero-order valence-electron chi connectivity index (χ0n) is 7.80. The Bertz CT molecular complexity index is 114. The molecule has 0 saturated carbocycles. The molecule has 0 bridgehead atoms. The van der Waals surface area contributed by atoms with E-state index in [-0.39, 0.29) is 0 Å². The minimum atomic E-state index is 0.744. The third-order valence-electron chi connectivity index (χ3n) is 2.28. The predicted octanol–water partition coefficient (Wildman–Crippen LogP) is 0.147. The van der Waals surface area contributed by atoms with Gasteiger partial charge in [0.2, 0.25) is 0 Å². The van der Waals surface area contributed by atoms with E-state index in [0.29, 0.717) is 0 Å². The van der Waals surface area contributed by atoms with Gasteiger partial charge in [0.15, 0.2) is 0 Å². The maximum atomic E-state index is 3.34. The second kappa shape index (κ2) is 4.04. The quantitative estimate of drug-likeness (QED) is 0.629. The SMILES string of the molecule is CCNN1CCC(N(C)C)C1. The number of hydrogen-bond acceptors (Lipinski definition) is 3. The summed E-state index contributed by atoms with van der Waals surface area (Å²) in [4.78, 5) is 2.30. The van der Waals surface area contributed by atoms with Crippen molar-refractivity contribution in [1.82, 2.24) is 15.3 Å². The van der Waals surface area contributed by atoms with Crippen LogP contribution in [0.2, 0.25) is 0 Å². The van der Waals surface area contributed by atoms with Gasteiger partial charge in [-0.25, -0.2) is 5.01 Å². The van der Waals surface area contributed by atoms with E-state index in [0.717, 1.165) is 12.6 Å². The highest BCUT2D eigenvalue weighted by Gasteiger charge is 2.22. The predicted molar refractivity (Wildman–Crippen MR) is 47.3 cm³/mol. The van der Waals surface area contributed by atoms with Gasteiger partial charge >= 0.3 is 0 Å². The molecule has 0 aromatic rings. The fraction of sp³-hybridized carbons (Fsp3) is 1.00. The van der Waals surface area contributed by atoms with E-state index in [1.54, 1.807) is 0 Å². The van der Waals surface area contributed by atoms with Gasteiger partial charge in [-0.1, -0.05) is 6.92 Å². The largest absolute Gasteiger partial charge is 0.305 e. The number of nitrogens with zero attached hydrogens (tertiary/aromatic N) is 2. The zero-order valence-corrected chi connectivity index (χ0v) is 7.80. The summed E-state index contributed by atoms with van der Waals surface area (Å²) < 4.78 is 0. The van der Waals surface area contributed by atoms with E-state index in [4.69, 9.17) is 0 Å². The van der Waals surface area contributed by atoms with Crippen molar-refractivity contribution in [2.45, 2.75) is 19.4 Å². The normalized spacial score (nSPS) is 26.7. The molecule has 66 valence electrons. The number of rotatable bonds is 3. The summed E-state index contributed by atoms with van der Waals surface area (Å²) in [5.74, 6) is 0. The molecule has 0 amide bonds. The van der Waals surface area contributed by atoms with Crippen LogP contribution in [-0.2, 0) is 0 Å². The first-order valence-corrected chi connectivity index (χ1v) is 4.39. The van der Waals surface area contributed by atoms with E-state index < -0.39 is 0 Å². The van der Waals surface area contributed by atoms with Crippen LogP contribution in [-0.4, -0.2) is 49.7 Å². The summed E-state index contributed by atoms with van der Waals surface area (Å²) in [7, 11) is 4.31. The Hall–Kier alpha value is -0.120. The highest BCUT2D eigenvalue weighted by atomic mass is 15.5. The van der Waals surface area contributed by atoms with Gasteiger partial charge in [0, 0.05) is 25.7 Å². The van der Waals surface area contributed by atoms with E-state index in [1.165, 1.54) is 19.5 Å². The van der Waals surface area contributed by atoms with E-state index in [1.807, 2.05) is 0 Å². The standard InChI is InChI=1S/C8H19N3/c1-4-9-11-6-5-8(7-11)10(2)3/h8-9H,4-7H2,1-3H3. The molecule has 1 saturated heterocycles. The molecule has 0 aliphatic carbocycles. The van der Waals surface area contributed by atoms with Crippen molar-refractivity contribution in [3.05, 3.63) is 0 Å². The molecule has 1 aliphatic heterocycles. The maximum Gasteiger partial charge on any atom is 0.0287 e. The lowest BCUT2D eigenvalue weighted by atomic mass is 10.2. The molecular weight excluding hydrogens is 138 g/mol. The molecule has 1 heterocycles. The summed E-state index contributed by atoms with van der Waals surface area (Å²) in [6.45, 7) is 5.54. The monoisotopic (exact) mass is 157 g/mol. The number of hydrogen-bond donors (Lipinski definition) is 1. The van der Waals surface area contributed by atoms with Crippen molar-refractivity contribution in [3.8, 4) is 0 Å². The Morgan fingerprint density at radius 2 is 2.27 bits per heavy atom. The van der Waals surface area contributed by atoms with Crippen LogP contribution in [0.15, 0.2) is 0 Å². The van der Waals surface area contributed by atoms with Crippen molar-refractivity contribution in [2.24, 2.45) is 0 Å². The van der Waals surface area contributed by atoms with Crippen LogP contribution in [0.25, 0.3) is 0 Å². The van der Waals surface area contributed by atoms with Crippen LogP contribution in [0.5, 0.6) is 0 Å². The molecule has 1 rings (SSSR count). The van der Waals surface area contributed by atoms with Crippen molar-refractivity contribution in [2.75, 3.05) is 33.7 Å². The van der Waals surface area contributed by atoms with Crippen LogP contribution in [0.1, 0.15) is 13.3 Å².